The third-order valence-electron chi connectivity index (χ3n) is 5.14. The topological polar surface area (TPSA) is 104 Å². The minimum absolute atomic E-state index is 0.133. The first-order valence-electron chi connectivity index (χ1n) is 10.3. The van der Waals surface area contributed by atoms with Gasteiger partial charge in [-0.05, 0) is 42.7 Å². The van der Waals surface area contributed by atoms with Crippen molar-refractivity contribution in [2.24, 2.45) is 0 Å². The number of nitrogens with one attached hydrogen (secondary N) is 1. The van der Waals surface area contributed by atoms with E-state index in [4.69, 9.17) is 15.2 Å². The van der Waals surface area contributed by atoms with Crippen molar-refractivity contribution in [3.05, 3.63) is 65.9 Å². The number of hydrogen-bond donors (Lipinski definition) is 2. The van der Waals surface area contributed by atoms with E-state index in [0.29, 0.717) is 29.6 Å². The van der Waals surface area contributed by atoms with E-state index < -0.39 is 15.9 Å². The Morgan fingerprint density at radius 3 is 2.47 bits per heavy atom. The van der Waals surface area contributed by atoms with Crippen LogP contribution in [0.4, 0.5) is 11.5 Å². The van der Waals surface area contributed by atoms with E-state index in [1.807, 2.05) is 50.2 Å². The number of ether oxygens (including phenoxy) is 2. The van der Waals surface area contributed by atoms with Crippen LogP contribution in [0.25, 0.3) is 11.1 Å². The number of aromatic nitrogens is 1. The Morgan fingerprint density at radius 2 is 1.84 bits per heavy atom. The van der Waals surface area contributed by atoms with Crippen LogP contribution in [-0.2, 0) is 9.84 Å². The third-order valence-corrected chi connectivity index (χ3v) is 6.08. The second-order valence-electron chi connectivity index (χ2n) is 7.56. The Kier molecular flexibility index (Phi) is 7.25. The molecule has 0 amide bonds. The molecule has 0 aliphatic carbocycles. The van der Waals surface area contributed by atoms with Crippen LogP contribution in [0.15, 0.2) is 54.7 Å². The summed E-state index contributed by atoms with van der Waals surface area (Å²) >= 11 is 0. The minimum Gasteiger partial charge on any atom is -0.493 e. The van der Waals surface area contributed by atoms with Gasteiger partial charge >= 0.3 is 0 Å². The number of sulfone groups is 1. The number of methoxy groups -OCH3 is 1. The summed E-state index contributed by atoms with van der Waals surface area (Å²) in [6.07, 6.45) is 2.95. The molecule has 0 spiro atoms. The third kappa shape index (κ3) is 5.50. The van der Waals surface area contributed by atoms with Crippen molar-refractivity contribution in [3.63, 3.8) is 0 Å². The second-order valence-corrected chi connectivity index (χ2v) is 9.74. The molecule has 1 aromatic heterocycles. The lowest BCUT2D eigenvalue weighted by Gasteiger charge is -2.22. The van der Waals surface area contributed by atoms with E-state index in [1.165, 1.54) is 6.26 Å². The van der Waals surface area contributed by atoms with Crippen LogP contribution in [-0.4, -0.2) is 39.1 Å². The molecule has 0 aliphatic rings. The average Bonchev–Trinajstić information content (AvgIpc) is 2.76. The summed E-state index contributed by atoms with van der Waals surface area (Å²) in [4.78, 5) is 4.52. The zero-order chi connectivity index (χ0) is 23.3. The first-order valence-corrected chi connectivity index (χ1v) is 12.3. The first kappa shape index (κ1) is 23.4. The lowest BCUT2D eigenvalue weighted by Crippen LogP contribution is -2.22. The number of anilines is 2. The van der Waals surface area contributed by atoms with Crippen LogP contribution in [0.5, 0.6) is 11.5 Å². The van der Waals surface area contributed by atoms with Crippen molar-refractivity contribution >= 4 is 21.3 Å². The van der Waals surface area contributed by atoms with Gasteiger partial charge in [0.1, 0.15) is 15.7 Å². The Hall–Kier alpha value is -3.26. The lowest BCUT2D eigenvalue weighted by atomic mass is 10.0. The van der Waals surface area contributed by atoms with Gasteiger partial charge in [0.15, 0.2) is 11.5 Å². The number of pyridine rings is 1. The minimum atomic E-state index is -3.31. The van der Waals surface area contributed by atoms with Crippen LogP contribution in [0.3, 0.4) is 0 Å². The van der Waals surface area contributed by atoms with Crippen molar-refractivity contribution in [2.75, 3.05) is 36.8 Å². The van der Waals surface area contributed by atoms with Crippen molar-refractivity contribution in [3.8, 4) is 22.6 Å². The molecular weight excluding hydrogens is 426 g/mol. The highest BCUT2D eigenvalue weighted by Crippen LogP contribution is 2.35. The maximum Gasteiger partial charge on any atom is 0.161 e. The van der Waals surface area contributed by atoms with Gasteiger partial charge < -0.3 is 20.5 Å². The van der Waals surface area contributed by atoms with Crippen molar-refractivity contribution in [2.45, 2.75) is 19.9 Å². The smallest absolute Gasteiger partial charge is 0.161 e. The Morgan fingerprint density at radius 1 is 1.12 bits per heavy atom. The lowest BCUT2D eigenvalue weighted by molar-refractivity contribution is 0.310. The Bertz CT molecular complexity index is 1180. The van der Waals surface area contributed by atoms with Gasteiger partial charge in [-0.3, -0.25) is 0 Å². The Balaban J connectivity index is 2.00. The summed E-state index contributed by atoms with van der Waals surface area (Å²) in [6.45, 7) is 4.26. The molecule has 0 saturated carbocycles. The van der Waals surface area contributed by atoms with E-state index in [2.05, 4.69) is 10.3 Å². The number of rotatable bonds is 9. The monoisotopic (exact) mass is 455 g/mol. The maximum atomic E-state index is 12.2. The van der Waals surface area contributed by atoms with E-state index in [0.717, 1.165) is 22.3 Å². The highest BCUT2D eigenvalue weighted by atomic mass is 32.2. The fourth-order valence-electron chi connectivity index (χ4n) is 3.51. The molecule has 0 radical (unpaired) electrons. The molecule has 3 N–H and O–H groups in total. The van der Waals surface area contributed by atoms with Crippen LogP contribution < -0.4 is 20.5 Å². The zero-order valence-electron chi connectivity index (χ0n) is 18.8. The largest absolute Gasteiger partial charge is 0.493 e. The summed E-state index contributed by atoms with van der Waals surface area (Å²) in [5.41, 5.74) is 10.4. The number of hydrogen-bond acceptors (Lipinski definition) is 7. The van der Waals surface area contributed by atoms with E-state index in [-0.39, 0.29) is 5.75 Å². The molecule has 32 heavy (non-hydrogen) atoms. The normalized spacial score (nSPS) is 12.2. The zero-order valence-corrected chi connectivity index (χ0v) is 19.6. The van der Waals surface area contributed by atoms with Gasteiger partial charge in [-0.1, -0.05) is 36.4 Å². The molecule has 0 bridgehead atoms. The summed E-state index contributed by atoms with van der Waals surface area (Å²) in [5.74, 6) is 1.43. The molecular formula is C24H29N3O4S. The fourth-order valence-corrected chi connectivity index (χ4v) is 4.39. The Labute approximate surface area is 189 Å². The molecule has 2 aromatic carbocycles. The van der Waals surface area contributed by atoms with Crippen molar-refractivity contribution < 1.29 is 17.9 Å². The molecule has 7 nitrogen and oxygen atoms in total. The molecule has 0 fully saturated rings. The summed E-state index contributed by atoms with van der Waals surface area (Å²) in [6, 6.07) is 14.6. The van der Waals surface area contributed by atoms with E-state index in [9.17, 15) is 8.42 Å². The first-order chi connectivity index (χ1) is 15.2. The van der Waals surface area contributed by atoms with Gasteiger partial charge in [0.25, 0.3) is 0 Å². The highest BCUT2D eigenvalue weighted by Gasteiger charge is 2.22. The van der Waals surface area contributed by atoms with E-state index in [1.54, 1.807) is 25.4 Å². The summed E-state index contributed by atoms with van der Waals surface area (Å²) in [7, 11) is -1.75. The van der Waals surface area contributed by atoms with Gasteiger partial charge in [0, 0.05) is 18.0 Å². The molecule has 1 heterocycles. The van der Waals surface area contributed by atoms with Gasteiger partial charge in [-0.2, -0.15) is 0 Å². The number of nitrogens with two attached hydrogens (primary N) is 1. The van der Waals surface area contributed by atoms with Crippen LogP contribution >= 0.6 is 0 Å². The highest BCUT2D eigenvalue weighted by molar-refractivity contribution is 7.90. The van der Waals surface area contributed by atoms with Crippen LogP contribution in [0.2, 0.25) is 0 Å². The predicted octanol–water partition coefficient (Wildman–Crippen LogP) is 4.24. The van der Waals surface area contributed by atoms with Crippen molar-refractivity contribution in [1.29, 1.82) is 0 Å². The molecule has 3 aromatic rings. The van der Waals surface area contributed by atoms with Gasteiger partial charge in [0.05, 0.1) is 31.2 Å². The molecule has 0 unspecified atom stereocenters. The van der Waals surface area contributed by atoms with Crippen LogP contribution in [0.1, 0.15) is 24.1 Å². The second kappa shape index (κ2) is 9.91. The van der Waals surface area contributed by atoms with Crippen LogP contribution in [0, 0.1) is 6.92 Å². The number of benzene rings is 2. The molecule has 1 atom stereocenters. The number of nitrogens with zero attached hydrogens (tertiary/aromatic N) is 1. The number of nitrogen functional groups attached to an aromatic ring is 1. The van der Waals surface area contributed by atoms with Crippen molar-refractivity contribution in [1.82, 2.24) is 4.98 Å². The molecule has 8 heteroatoms. The predicted molar refractivity (Wildman–Crippen MR) is 129 cm³/mol. The van der Waals surface area contributed by atoms with Gasteiger partial charge in [-0.25, -0.2) is 13.4 Å². The average molecular weight is 456 g/mol. The quantitative estimate of drug-likeness (QED) is 0.497. The summed E-state index contributed by atoms with van der Waals surface area (Å²) < 4.78 is 35.4. The van der Waals surface area contributed by atoms with Gasteiger partial charge in [-0.15, -0.1) is 0 Å². The maximum absolute atomic E-state index is 12.2. The molecule has 0 saturated heterocycles. The standard InChI is InChI=1S/C24H29N3O4S/c1-5-31-22-13-18(11-12-21(22)30-3)20(15-32(4,28)29)27-24-23(25)16(2)19(14-26-24)17-9-7-6-8-10-17/h6-14,20H,5,15,25H2,1-4H3,(H,26,27)/t20-/m1/s1. The molecule has 170 valence electrons. The van der Waals surface area contributed by atoms with Gasteiger partial charge in [0.2, 0.25) is 0 Å². The fraction of sp³-hybridized carbons (Fsp3) is 0.292. The SMILES string of the molecule is CCOc1cc([C@@H](CS(C)(=O)=O)Nc2ncc(-c3ccccc3)c(C)c2N)ccc1OC. The molecule has 0 aliphatic heterocycles. The molecule has 3 rings (SSSR count). The summed E-state index contributed by atoms with van der Waals surface area (Å²) in [5, 5.41) is 3.23. The van der Waals surface area contributed by atoms with E-state index >= 15 is 0 Å².